The molecule has 2 aliphatic heterocycles. The van der Waals surface area contributed by atoms with E-state index in [0.717, 1.165) is 19.4 Å². The van der Waals surface area contributed by atoms with Crippen molar-refractivity contribution in [2.45, 2.75) is 44.2 Å². The molecule has 0 bridgehead atoms. The molecule has 0 radical (unpaired) electrons. The Morgan fingerprint density at radius 1 is 1.29 bits per heavy atom. The van der Waals surface area contributed by atoms with Crippen LogP contribution < -0.4 is 4.72 Å². The molecule has 2 heterocycles. The molecule has 100 valence electrons. The first-order valence-electron chi connectivity index (χ1n) is 6.41. The summed E-state index contributed by atoms with van der Waals surface area (Å²) in [7, 11) is -3.13. The van der Waals surface area contributed by atoms with Gasteiger partial charge in [-0.25, -0.2) is 13.1 Å². The van der Waals surface area contributed by atoms with E-state index < -0.39 is 10.0 Å². The average Bonchev–Trinajstić information content (AvgIpc) is 2.73. The molecule has 2 fully saturated rings. The zero-order valence-electron chi connectivity index (χ0n) is 10.1. The van der Waals surface area contributed by atoms with Crippen molar-refractivity contribution in [1.29, 1.82) is 0 Å². The highest BCUT2D eigenvalue weighted by atomic mass is 35.5. The molecule has 1 N–H and O–H groups in total. The molecule has 2 unspecified atom stereocenters. The molecule has 0 aromatic rings. The Kier molecular flexibility index (Phi) is 4.69. The van der Waals surface area contributed by atoms with Gasteiger partial charge < -0.3 is 4.90 Å². The smallest absolute Gasteiger partial charge is 0.211 e. The zero-order valence-corrected chi connectivity index (χ0v) is 11.6. The van der Waals surface area contributed by atoms with Gasteiger partial charge in [-0.1, -0.05) is 0 Å². The Morgan fingerprint density at radius 3 is 2.88 bits per heavy atom. The molecule has 4 nitrogen and oxygen atoms in total. The summed E-state index contributed by atoms with van der Waals surface area (Å²) in [6.45, 7) is 2.23. The number of hydrogen-bond donors (Lipinski definition) is 1. The van der Waals surface area contributed by atoms with E-state index in [1.807, 2.05) is 0 Å². The molecule has 0 aromatic heterocycles. The van der Waals surface area contributed by atoms with Crippen LogP contribution in [0.5, 0.6) is 0 Å². The number of nitrogens with zero attached hydrogens (tertiary/aromatic N) is 1. The molecule has 0 aromatic carbocycles. The summed E-state index contributed by atoms with van der Waals surface area (Å²) in [5.41, 5.74) is 0. The Hall–Kier alpha value is 0.160. The number of nitrogens with one attached hydrogen (secondary N) is 1. The standard InChI is InChI=1S/C11H21ClN2O2S/c12-5-2-8-17(15,16)13-10-4-7-14-6-1-3-11(14)9-10/h10-11,13H,1-9H2. The number of hydrogen-bond acceptors (Lipinski definition) is 3. The van der Waals surface area contributed by atoms with Crippen molar-refractivity contribution in [3.8, 4) is 0 Å². The van der Waals surface area contributed by atoms with Gasteiger partial charge >= 0.3 is 0 Å². The quantitative estimate of drug-likeness (QED) is 0.769. The molecule has 2 atom stereocenters. The monoisotopic (exact) mass is 280 g/mol. The van der Waals surface area contributed by atoms with E-state index in [1.165, 1.54) is 19.4 Å². The Morgan fingerprint density at radius 2 is 2.12 bits per heavy atom. The highest BCUT2D eigenvalue weighted by Gasteiger charge is 2.33. The summed E-state index contributed by atoms with van der Waals surface area (Å²) < 4.78 is 26.4. The van der Waals surface area contributed by atoms with Crippen molar-refractivity contribution in [3.63, 3.8) is 0 Å². The first-order valence-corrected chi connectivity index (χ1v) is 8.59. The van der Waals surface area contributed by atoms with E-state index in [1.54, 1.807) is 0 Å². The van der Waals surface area contributed by atoms with Crippen molar-refractivity contribution in [3.05, 3.63) is 0 Å². The van der Waals surface area contributed by atoms with Crippen molar-refractivity contribution < 1.29 is 8.42 Å². The second-order valence-corrected chi connectivity index (χ2v) is 7.28. The molecule has 0 saturated carbocycles. The summed E-state index contributed by atoms with van der Waals surface area (Å²) in [5.74, 6) is 0.559. The van der Waals surface area contributed by atoms with Gasteiger partial charge in [0.25, 0.3) is 0 Å². The first-order chi connectivity index (χ1) is 8.11. The minimum atomic E-state index is -3.13. The van der Waals surface area contributed by atoms with Gasteiger partial charge in [0.2, 0.25) is 10.0 Å². The van der Waals surface area contributed by atoms with Crippen molar-refractivity contribution in [2.75, 3.05) is 24.7 Å². The van der Waals surface area contributed by atoms with E-state index in [2.05, 4.69) is 9.62 Å². The van der Waals surface area contributed by atoms with Gasteiger partial charge in [-0.2, -0.15) is 0 Å². The van der Waals surface area contributed by atoms with Gasteiger partial charge in [0.05, 0.1) is 5.75 Å². The van der Waals surface area contributed by atoms with Gasteiger partial charge in [0.1, 0.15) is 0 Å². The van der Waals surface area contributed by atoms with Crippen LogP contribution in [-0.4, -0.2) is 50.1 Å². The Balaban J connectivity index is 1.83. The lowest BCUT2D eigenvalue weighted by Gasteiger charge is -2.34. The van der Waals surface area contributed by atoms with Gasteiger partial charge in [-0.3, -0.25) is 0 Å². The highest BCUT2D eigenvalue weighted by molar-refractivity contribution is 7.89. The third kappa shape index (κ3) is 3.81. The maximum Gasteiger partial charge on any atom is 0.211 e. The SMILES string of the molecule is O=S(=O)(CCCCl)NC1CCN2CCCC2C1. The molecule has 0 spiro atoms. The van der Waals surface area contributed by atoms with Crippen molar-refractivity contribution >= 4 is 21.6 Å². The van der Waals surface area contributed by atoms with Crippen LogP contribution in [0.25, 0.3) is 0 Å². The van der Waals surface area contributed by atoms with E-state index in [-0.39, 0.29) is 11.8 Å². The lowest BCUT2D eigenvalue weighted by molar-refractivity contribution is 0.176. The maximum absolute atomic E-state index is 11.8. The molecule has 2 aliphatic rings. The molecule has 2 rings (SSSR count). The van der Waals surface area contributed by atoms with Crippen LogP contribution in [0.3, 0.4) is 0 Å². The van der Waals surface area contributed by atoms with Gasteiger partial charge in [0, 0.05) is 18.0 Å². The molecular formula is C11H21ClN2O2S. The maximum atomic E-state index is 11.8. The number of piperidine rings is 1. The molecule has 6 heteroatoms. The number of alkyl halides is 1. The summed E-state index contributed by atoms with van der Waals surface area (Å²) in [4.78, 5) is 2.49. The third-order valence-corrected chi connectivity index (χ3v) is 5.50. The summed E-state index contributed by atoms with van der Waals surface area (Å²) in [6.07, 6.45) is 4.92. The van der Waals surface area contributed by atoms with Gasteiger partial charge in [0.15, 0.2) is 0 Å². The number of sulfonamides is 1. The van der Waals surface area contributed by atoms with E-state index in [0.29, 0.717) is 18.3 Å². The fraction of sp³-hybridized carbons (Fsp3) is 1.00. The molecule has 0 aliphatic carbocycles. The minimum Gasteiger partial charge on any atom is -0.300 e. The van der Waals surface area contributed by atoms with Gasteiger partial charge in [-0.05, 0) is 45.2 Å². The van der Waals surface area contributed by atoms with Crippen LogP contribution in [0.15, 0.2) is 0 Å². The summed E-state index contributed by atoms with van der Waals surface area (Å²) >= 11 is 5.52. The fourth-order valence-corrected chi connectivity index (χ4v) is 4.55. The van der Waals surface area contributed by atoms with Crippen LogP contribution in [0.4, 0.5) is 0 Å². The number of halogens is 1. The van der Waals surface area contributed by atoms with E-state index >= 15 is 0 Å². The summed E-state index contributed by atoms with van der Waals surface area (Å²) in [5, 5.41) is 0. The number of rotatable bonds is 5. The minimum absolute atomic E-state index is 0.134. The molecular weight excluding hydrogens is 260 g/mol. The molecule has 17 heavy (non-hydrogen) atoms. The van der Waals surface area contributed by atoms with Crippen LogP contribution in [0.2, 0.25) is 0 Å². The molecule has 0 amide bonds. The third-order valence-electron chi connectivity index (χ3n) is 3.71. The second kappa shape index (κ2) is 5.87. The average molecular weight is 281 g/mol. The van der Waals surface area contributed by atoms with E-state index in [4.69, 9.17) is 11.6 Å². The zero-order chi connectivity index (χ0) is 12.3. The largest absolute Gasteiger partial charge is 0.300 e. The van der Waals surface area contributed by atoms with Crippen LogP contribution in [-0.2, 0) is 10.0 Å². The molecule has 2 saturated heterocycles. The Labute approximate surface area is 109 Å². The van der Waals surface area contributed by atoms with Crippen molar-refractivity contribution in [1.82, 2.24) is 9.62 Å². The van der Waals surface area contributed by atoms with Crippen LogP contribution in [0.1, 0.15) is 32.1 Å². The predicted molar refractivity (Wildman–Crippen MR) is 69.9 cm³/mol. The Bertz CT molecular complexity index is 347. The highest BCUT2D eigenvalue weighted by Crippen LogP contribution is 2.27. The first kappa shape index (κ1) is 13.6. The van der Waals surface area contributed by atoms with Crippen molar-refractivity contribution in [2.24, 2.45) is 0 Å². The van der Waals surface area contributed by atoms with Gasteiger partial charge in [-0.15, -0.1) is 11.6 Å². The van der Waals surface area contributed by atoms with Crippen LogP contribution in [0, 0.1) is 0 Å². The summed E-state index contributed by atoms with van der Waals surface area (Å²) in [6, 6.07) is 0.735. The lowest BCUT2D eigenvalue weighted by atomic mass is 9.99. The normalized spacial score (nSPS) is 30.4. The lowest BCUT2D eigenvalue weighted by Crippen LogP contribution is -2.47. The van der Waals surface area contributed by atoms with E-state index in [9.17, 15) is 8.42 Å². The topological polar surface area (TPSA) is 49.4 Å². The fourth-order valence-electron chi connectivity index (χ4n) is 2.89. The second-order valence-electron chi connectivity index (χ2n) is 5.03. The number of fused-ring (bicyclic) bond motifs is 1. The predicted octanol–water partition coefficient (Wildman–Crippen LogP) is 1.16. The van der Waals surface area contributed by atoms with Crippen LogP contribution >= 0.6 is 11.6 Å².